The number of fused-ring (bicyclic) bond motifs is 1. The van der Waals surface area contributed by atoms with Gasteiger partial charge in [0.2, 0.25) is 10.0 Å². The van der Waals surface area contributed by atoms with Crippen molar-refractivity contribution >= 4 is 21.1 Å². The summed E-state index contributed by atoms with van der Waals surface area (Å²) < 4.78 is 33.1. The molecule has 1 aromatic heterocycles. The van der Waals surface area contributed by atoms with Gasteiger partial charge < -0.3 is 9.72 Å². The third kappa shape index (κ3) is 3.33. The average molecular weight is 385 g/mol. The number of nitrogens with zero attached hydrogens (tertiary/aromatic N) is 2. The van der Waals surface area contributed by atoms with Crippen LogP contribution in [-0.4, -0.2) is 42.9 Å². The number of para-hydroxylation sites is 2. The van der Waals surface area contributed by atoms with Gasteiger partial charge in [-0.05, 0) is 55.7 Å². The molecule has 1 atom stereocenters. The molecule has 0 radical (unpaired) electrons. The van der Waals surface area contributed by atoms with Crippen molar-refractivity contribution in [2.24, 2.45) is 0 Å². The van der Waals surface area contributed by atoms with Crippen molar-refractivity contribution in [2.45, 2.75) is 30.6 Å². The SMILES string of the molecule is COc1ccc(S(=O)(=O)N2CCCC(c3nc4ccccc4[nH]3)C2)cc1C. The van der Waals surface area contributed by atoms with Gasteiger partial charge in [-0.1, -0.05) is 12.1 Å². The Labute approximate surface area is 159 Å². The lowest BCUT2D eigenvalue weighted by atomic mass is 9.99. The van der Waals surface area contributed by atoms with E-state index in [1.807, 2.05) is 31.2 Å². The van der Waals surface area contributed by atoms with Crippen LogP contribution in [0.4, 0.5) is 0 Å². The van der Waals surface area contributed by atoms with Gasteiger partial charge in [-0.25, -0.2) is 13.4 Å². The molecule has 0 amide bonds. The second kappa shape index (κ2) is 6.98. The summed E-state index contributed by atoms with van der Waals surface area (Å²) in [5, 5.41) is 0. The van der Waals surface area contributed by atoms with Crippen molar-refractivity contribution < 1.29 is 13.2 Å². The molecule has 4 rings (SSSR count). The van der Waals surface area contributed by atoms with E-state index < -0.39 is 10.0 Å². The van der Waals surface area contributed by atoms with E-state index >= 15 is 0 Å². The average Bonchev–Trinajstić information content (AvgIpc) is 3.12. The van der Waals surface area contributed by atoms with E-state index in [9.17, 15) is 8.42 Å². The summed E-state index contributed by atoms with van der Waals surface area (Å²) >= 11 is 0. The zero-order valence-corrected chi connectivity index (χ0v) is 16.3. The van der Waals surface area contributed by atoms with Crippen molar-refractivity contribution in [3.8, 4) is 5.75 Å². The highest BCUT2D eigenvalue weighted by atomic mass is 32.2. The van der Waals surface area contributed by atoms with E-state index in [4.69, 9.17) is 4.74 Å². The van der Waals surface area contributed by atoms with Gasteiger partial charge in [0, 0.05) is 19.0 Å². The molecule has 1 N–H and O–H groups in total. The second-order valence-electron chi connectivity index (χ2n) is 6.97. The van der Waals surface area contributed by atoms with Crippen LogP contribution in [0.15, 0.2) is 47.4 Å². The first-order chi connectivity index (χ1) is 13.0. The Bertz CT molecular complexity index is 1040. The van der Waals surface area contributed by atoms with Crippen molar-refractivity contribution in [2.75, 3.05) is 20.2 Å². The summed E-state index contributed by atoms with van der Waals surface area (Å²) in [5.41, 5.74) is 2.71. The minimum atomic E-state index is -3.54. The topological polar surface area (TPSA) is 75.3 Å². The highest BCUT2D eigenvalue weighted by molar-refractivity contribution is 7.89. The molecule has 0 saturated carbocycles. The molecular weight excluding hydrogens is 362 g/mol. The summed E-state index contributed by atoms with van der Waals surface area (Å²) in [6, 6.07) is 12.9. The molecule has 1 saturated heterocycles. The number of methoxy groups -OCH3 is 1. The van der Waals surface area contributed by atoms with Gasteiger partial charge in [0.05, 0.1) is 23.0 Å². The number of aromatic nitrogens is 2. The van der Waals surface area contributed by atoms with E-state index in [-0.39, 0.29) is 5.92 Å². The Morgan fingerprint density at radius 1 is 1.22 bits per heavy atom. The highest BCUT2D eigenvalue weighted by Gasteiger charge is 2.32. The van der Waals surface area contributed by atoms with Gasteiger partial charge >= 0.3 is 0 Å². The number of H-pyrrole nitrogens is 1. The molecule has 2 aromatic carbocycles. The smallest absolute Gasteiger partial charge is 0.243 e. The molecule has 0 bridgehead atoms. The van der Waals surface area contributed by atoms with E-state index in [0.717, 1.165) is 35.3 Å². The number of nitrogens with one attached hydrogen (secondary N) is 1. The largest absolute Gasteiger partial charge is 0.496 e. The van der Waals surface area contributed by atoms with Crippen molar-refractivity contribution in [1.82, 2.24) is 14.3 Å². The number of aryl methyl sites for hydroxylation is 1. The summed E-state index contributed by atoms with van der Waals surface area (Å²) in [7, 11) is -1.96. The third-order valence-electron chi connectivity index (χ3n) is 5.18. The molecule has 0 spiro atoms. The van der Waals surface area contributed by atoms with E-state index in [1.165, 1.54) is 0 Å². The Hall–Kier alpha value is -2.38. The highest BCUT2D eigenvalue weighted by Crippen LogP contribution is 2.31. The molecule has 1 aliphatic heterocycles. The van der Waals surface area contributed by atoms with E-state index in [1.54, 1.807) is 29.6 Å². The number of sulfonamides is 1. The molecule has 142 valence electrons. The van der Waals surface area contributed by atoms with Crippen LogP contribution in [0.5, 0.6) is 5.75 Å². The molecule has 0 aliphatic carbocycles. The standard InChI is InChI=1S/C20H23N3O3S/c1-14-12-16(9-10-19(14)26-2)27(24,25)23-11-5-6-15(13-23)20-21-17-7-3-4-8-18(17)22-20/h3-4,7-10,12,15H,5-6,11,13H2,1-2H3,(H,21,22). The Morgan fingerprint density at radius 2 is 2.04 bits per heavy atom. The quantitative estimate of drug-likeness (QED) is 0.746. The maximum atomic E-state index is 13.1. The number of imidazole rings is 1. The van der Waals surface area contributed by atoms with Crippen LogP contribution in [0.1, 0.15) is 30.1 Å². The van der Waals surface area contributed by atoms with Gasteiger partial charge in [0.25, 0.3) is 0 Å². The van der Waals surface area contributed by atoms with Crippen molar-refractivity contribution in [3.05, 3.63) is 53.9 Å². The van der Waals surface area contributed by atoms with Crippen LogP contribution in [0, 0.1) is 6.92 Å². The molecule has 27 heavy (non-hydrogen) atoms. The molecule has 1 unspecified atom stereocenters. The lowest BCUT2D eigenvalue weighted by Gasteiger charge is -2.31. The second-order valence-corrected chi connectivity index (χ2v) is 8.91. The van der Waals surface area contributed by atoms with Crippen LogP contribution in [0.2, 0.25) is 0 Å². The van der Waals surface area contributed by atoms with Crippen LogP contribution in [0.25, 0.3) is 11.0 Å². The number of hydrogen-bond donors (Lipinski definition) is 1. The fourth-order valence-electron chi connectivity index (χ4n) is 3.71. The Balaban J connectivity index is 1.61. The first-order valence-corrected chi connectivity index (χ1v) is 10.5. The number of hydrogen-bond acceptors (Lipinski definition) is 4. The summed E-state index contributed by atoms with van der Waals surface area (Å²) in [6.45, 7) is 2.82. The van der Waals surface area contributed by atoms with Crippen LogP contribution in [0.3, 0.4) is 0 Å². The number of rotatable bonds is 4. The minimum Gasteiger partial charge on any atom is -0.496 e. The molecule has 1 fully saturated rings. The predicted octanol–water partition coefficient (Wildman–Crippen LogP) is 3.45. The monoisotopic (exact) mass is 385 g/mol. The third-order valence-corrected chi connectivity index (χ3v) is 7.04. The Morgan fingerprint density at radius 3 is 2.78 bits per heavy atom. The van der Waals surface area contributed by atoms with Crippen molar-refractivity contribution in [1.29, 1.82) is 0 Å². The van der Waals surface area contributed by atoms with Gasteiger partial charge in [-0.2, -0.15) is 4.31 Å². The van der Waals surface area contributed by atoms with Crippen LogP contribution >= 0.6 is 0 Å². The first kappa shape index (κ1) is 18.0. The summed E-state index contributed by atoms with van der Waals surface area (Å²) in [5.74, 6) is 1.62. The molecule has 1 aliphatic rings. The summed E-state index contributed by atoms with van der Waals surface area (Å²) in [6.07, 6.45) is 1.74. The van der Waals surface area contributed by atoms with Crippen LogP contribution in [-0.2, 0) is 10.0 Å². The Kier molecular flexibility index (Phi) is 4.65. The minimum absolute atomic E-state index is 0.0697. The number of benzene rings is 2. The first-order valence-electron chi connectivity index (χ1n) is 9.08. The van der Waals surface area contributed by atoms with Gasteiger partial charge in [-0.15, -0.1) is 0 Å². The zero-order chi connectivity index (χ0) is 19.0. The van der Waals surface area contributed by atoms with Crippen molar-refractivity contribution in [3.63, 3.8) is 0 Å². The zero-order valence-electron chi connectivity index (χ0n) is 15.5. The molecule has 3 aromatic rings. The lowest BCUT2D eigenvalue weighted by molar-refractivity contribution is 0.310. The summed E-state index contributed by atoms with van der Waals surface area (Å²) in [4.78, 5) is 8.33. The normalized spacial score (nSPS) is 18.7. The molecule has 7 heteroatoms. The predicted molar refractivity (Wildman–Crippen MR) is 105 cm³/mol. The molecule has 2 heterocycles. The maximum absolute atomic E-state index is 13.1. The number of ether oxygens (including phenoxy) is 1. The van der Waals surface area contributed by atoms with Gasteiger partial charge in [-0.3, -0.25) is 0 Å². The fraction of sp³-hybridized carbons (Fsp3) is 0.350. The molecule has 6 nitrogen and oxygen atoms in total. The maximum Gasteiger partial charge on any atom is 0.243 e. The number of piperidine rings is 1. The van der Waals surface area contributed by atoms with Gasteiger partial charge in [0.15, 0.2) is 0 Å². The van der Waals surface area contributed by atoms with Gasteiger partial charge in [0.1, 0.15) is 11.6 Å². The van der Waals surface area contributed by atoms with Crippen LogP contribution < -0.4 is 4.74 Å². The fourth-order valence-corrected chi connectivity index (χ4v) is 5.32. The lowest BCUT2D eigenvalue weighted by Crippen LogP contribution is -2.39. The van der Waals surface area contributed by atoms with E-state index in [0.29, 0.717) is 23.7 Å². The number of aromatic amines is 1. The van der Waals surface area contributed by atoms with E-state index in [2.05, 4.69) is 9.97 Å². The molecular formula is C20H23N3O3S.